The molecule has 0 bridgehead atoms. The number of aliphatic carboxylic acids is 1. The Bertz CT molecular complexity index is 1390. The zero-order chi connectivity index (χ0) is 27.6. The fraction of sp³-hybridized carbons (Fsp3) is 0.452. The quantitative estimate of drug-likeness (QED) is 0.333. The molecule has 1 saturated heterocycles. The van der Waals surface area contributed by atoms with E-state index in [2.05, 4.69) is 10.3 Å². The zero-order valence-corrected chi connectivity index (χ0v) is 23.2. The van der Waals surface area contributed by atoms with Crippen LogP contribution in [0.3, 0.4) is 0 Å². The molecule has 3 fully saturated rings. The first-order valence-electron chi connectivity index (χ1n) is 14.3. The molecule has 2 N–H and O–H groups in total. The number of carbonyl (C=O) groups excluding carboxylic acids is 2. The molecule has 3 aromatic rings. The second-order valence-electron chi connectivity index (χ2n) is 11.3. The number of hydrogen-bond donors (Lipinski definition) is 2. The molecule has 2 unspecified atom stereocenters. The Morgan fingerprint density at radius 3 is 2.48 bits per heavy atom. The standard InChI is InChI=1S/C31H34N4O4S/c36-28(37)16-21(15-19-5-1-2-6-19)30(39)35(22-10-11-22)31-34-27(18-40-31)24-8-4-3-7-23(24)20-9-12-26(33-17-20)25-13-14-32-29(25)38/h3-4,7-9,12,17-19,21-22,25H,1-2,5-6,10-11,13-16H2,(H,32,38)(H,36,37). The van der Waals surface area contributed by atoms with Gasteiger partial charge in [-0.15, -0.1) is 11.3 Å². The highest BCUT2D eigenvalue weighted by molar-refractivity contribution is 7.14. The smallest absolute Gasteiger partial charge is 0.304 e. The molecule has 3 heterocycles. The van der Waals surface area contributed by atoms with Crippen LogP contribution in [0.15, 0.2) is 48.0 Å². The van der Waals surface area contributed by atoms with Gasteiger partial charge in [0.15, 0.2) is 5.13 Å². The Hall–Kier alpha value is -3.59. The molecule has 0 radical (unpaired) electrons. The third-order valence-electron chi connectivity index (χ3n) is 8.42. The van der Waals surface area contributed by atoms with Crippen molar-refractivity contribution in [2.45, 2.75) is 69.7 Å². The maximum atomic E-state index is 13.8. The third kappa shape index (κ3) is 5.66. The Morgan fingerprint density at radius 2 is 1.82 bits per heavy atom. The largest absolute Gasteiger partial charge is 0.481 e. The summed E-state index contributed by atoms with van der Waals surface area (Å²) in [6.45, 7) is 0.680. The van der Waals surface area contributed by atoms with Crippen LogP contribution >= 0.6 is 11.3 Å². The van der Waals surface area contributed by atoms with E-state index in [1.54, 1.807) is 4.90 Å². The maximum Gasteiger partial charge on any atom is 0.304 e. The van der Waals surface area contributed by atoms with Gasteiger partial charge in [-0.2, -0.15) is 0 Å². The van der Waals surface area contributed by atoms with Crippen LogP contribution in [0, 0.1) is 11.8 Å². The van der Waals surface area contributed by atoms with Gasteiger partial charge in [-0.3, -0.25) is 24.3 Å². The number of carbonyl (C=O) groups is 3. The summed E-state index contributed by atoms with van der Waals surface area (Å²) in [4.78, 5) is 49.0. The summed E-state index contributed by atoms with van der Waals surface area (Å²) in [5, 5.41) is 15.1. The summed E-state index contributed by atoms with van der Waals surface area (Å²) in [7, 11) is 0. The number of hydrogen-bond acceptors (Lipinski definition) is 6. The van der Waals surface area contributed by atoms with Gasteiger partial charge in [-0.1, -0.05) is 56.0 Å². The van der Waals surface area contributed by atoms with Crippen molar-refractivity contribution >= 4 is 34.3 Å². The van der Waals surface area contributed by atoms with Gasteiger partial charge in [-0.25, -0.2) is 4.98 Å². The van der Waals surface area contributed by atoms with Crippen molar-refractivity contribution in [3.63, 3.8) is 0 Å². The lowest BCUT2D eigenvalue weighted by molar-refractivity contribution is -0.141. The topological polar surface area (TPSA) is 112 Å². The highest BCUT2D eigenvalue weighted by Gasteiger charge is 2.40. The average Bonchev–Trinajstić information content (AvgIpc) is 3.30. The number of nitrogens with zero attached hydrogens (tertiary/aromatic N) is 3. The first kappa shape index (κ1) is 26.6. The van der Waals surface area contributed by atoms with E-state index in [9.17, 15) is 19.5 Å². The molecule has 1 aromatic carbocycles. The second kappa shape index (κ2) is 11.5. The Morgan fingerprint density at radius 1 is 1.05 bits per heavy atom. The van der Waals surface area contributed by atoms with E-state index in [-0.39, 0.29) is 30.2 Å². The van der Waals surface area contributed by atoms with Gasteiger partial charge in [0.25, 0.3) is 0 Å². The van der Waals surface area contributed by atoms with Crippen molar-refractivity contribution in [3.05, 3.63) is 53.7 Å². The SMILES string of the molecule is O=C(O)CC(CC1CCCC1)C(=O)N(c1nc(-c2ccccc2-c2ccc(C3CCNC3=O)nc2)cs1)C1CC1. The summed E-state index contributed by atoms with van der Waals surface area (Å²) >= 11 is 1.44. The van der Waals surface area contributed by atoms with Crippen molar-refractivity contribution in [2.75, 3.05) is 11.4 Å². The predicted molar refractivity (Wildman–Crippen MR) is 154 cm³/mol. The number of thiazole rings is 1. The van der Waals surface area contributed by atoms with Crippen LogP contribution in [0.25, 0.3) is 22.4 Å². The molecule has 6 rings (SSSR count). The number of anilines is 1. The monoisotopic (exact) mass is 558 g/mol. The zero-order valence-electron chi connectivity index (χ0n) is 22.4. The van der Waals surface area contributed by atoms with Crippen molar-refractivity contribution in [1.29, 1.82) is 0 Å². The Labute approximate surface area is 237 Å². The first-order chi connectivity index (χ1) is 19.5. The lowest BCUT2D eigenvalue weighted by atomic mass is 9.90. The summed E-state index contributed by atoms with van der Waals surface area (Å²) in [6, 6.07) is 12.0. The number of benzene rings is 1. The molecule has 9 heteroatoms. The lowest BCUT2D eigenvalue weighted by Gasteiger charge is -2.26. The summed E-state index contributed by atoms with van der Waals surface area (Å²) < 4.78 is 0. The van der Waals surface area contributed by atoms with E-state index < -0.39 is 11.9 Å². The van der Waals surface area contributed by atoms with Gasteiger partial charge in [-0.05, 0) is 43.2 Å². The van der Waals surface area contributed by atoms with Crippen molar-refractivity contribution < 1.29 is 19.5 Å². The van der Waals surface area contributed by atoms with Crippen molar-refractivity contribution in [1.82, 2.24) is 15.3 Å². The van der Waals surface area contributed by atoms with Gasteiger partial charge in [0.1, 0.15) is 0 Å². The van der Waals surface area contributed by atoms with E-state index in [0.29, 0.717) is 24.0 Å². The molecule has 1 aliphatic heterocycles. The molecule has 3 aliphatic rings. The molecular formula is C31H34N4O4S. The van der Waals surface area contributed by atoms with E-state index >= 15 is 0 Å². The predicted octanol–water partition coefficient (Wildman–Crippen LogP) is 5.64. The van der Waals surface area contributed by atoms with Crippen LogP contribution in [0.4, 0.5) is 5.13 Å². The average molecular weight is 559 g/mol. The van der Waals surface area contributed by atoms with Crippen LogP contribution < -0.4 is 10.2 Å². The molecule has 208 valence electrons. The van der Waals surface area contributed by atoms with Crippen LogP contribution in [-0.4, -0.2) is 45.4 Å². The minimum absolute atomic E-state index is 0.0271. The lowest BCUT2D eigenvalue weighted by Crippen LogP contribution is -2.39. The molecule has 0 spiro atoms. The number of aromatic nitrogens is 2. The van der Waals surface area contributed by atoms with E-state index in [4.69, 9.17) is 4.98 Å². The summed E-state index contributed by atoms with van der Waals surface area (Å²) in [5.41, 5.74) is 4.40. The fourth-order valence-corrected chi connectivity index (χ4v) is 7.09. The second-order valence-corrected chi connectivity index (χ2v) is 12.1. The number of carboxylic acids is 1. The van der Waals surface area contributed by atoms with Crippen molar-refractivity contribution in [3.8, 4) is 22.4 Å². The molecule has 2 atom stereocenters. The highest BCUT2D eigenvalue weighted by Crippen LogP contribution is 2.40. The fourth-order valence-electron chi connectivity index (χ4n) is 6.19. The van der Waals surface area contributed by atoms with Crippen LogP contribution in [0.1, 0.15) is 69.4 Å². The molecule has 2 aliphatic carbocycles. The summed E-state index contributed by atoms with van der Waals surface area (Å²) in [6.07, 6.45) is 9.38. The van der Waals surface area contributed by atoms with Crippen LogP contribution in [-0.2, 0) is 14.4 Å². The van der Waals surface area contributed by atoms with Gasteiger partial charge in [0.2, 0.25) is 11.8 Å². The maximum absolute atomic E-state index is 13.8. The molecule has 8 nitrogen and oxygen atoms in total. The number of rotatable bonds is 10. The van der Waals surface area contributed by atoms with E-state index in [1.807, 2.05) is 48.0 Å². The van der Waals surface area contributed by atoms with Gasteiger partial charge in [0.05, 0.1) is 23.7 Å². The minimum Gasteiger partial charge on any atom is -0.481 e. The van der Waals surface area contributed by atoms with Crippen LogP contribution in [0.5, 0.6) is 0 Å². The highest BCUT2D eigenvalue weighted by atomic mass is 32.1. The number of nitrogens with one attached hydrogen (secondary N) is 1. The Kier molecular flexibility index (Phi) is 7.65. The van der Waals surface area contributed by atoms with Gasteiger partial charge < -0.3 is 10.4 Å². The number of amides is 2. The molecule has 2 amide bonds. The van der Waals surface area contributed by atoms with Crippen molar-refractivity contribution in [2.24, 2.45) is 11.8 Å². The molecule has 2 saturated carbocycles. The minimum atomic E-state index is -0.922. The summed E-state index contributed by atoms with van der Waals surface area (Å²) in [5.74, 6) is -1.28. The molecular weight excluding hydrogens is 524 g/mol. The first-order valence-corrected chi connectivity index (χ1v) is 15.2. The van der Waals surface area contributed by atoms with Gasteiger partial charge in [0, 0.05) is 41.2 Å². The number of pyridine rings is 1. The van der Waals surface area contributed by atoms with Gasteiger partial charge >= 0.3 is 5.97 Å². The Balaban J connectivity index is 1.26. The van der Waals surface area contributed by atoms with E-state index in [1.165, 1.54) is 11.3 Å². The van der Waals surface area contributed by atoms with E-state index in [0.717, 1.165) is 73.0 Å². The normalized spacial score (nSPS) is 19.9. The van der Waals surface area contributed by atoms with Crippen LogP contribution in [0.2, 0.25) is 0 Å². The molecule has 2 aromatic heterocycles. The number of carboxylic acid groups (broad SMARTS) is 1. The third-order valence-corrected chi connectivity index (χ3v) is 9.26. The molecule has 40 heavy (non-hydrogen) atoms.